The standard InChI is InChI=1S/C25H26Cl2N2O4S/c1-2-33-24(32)25-9-3-6-21(25)29(15-16-7-8-18(26)12-20(16)27)23(31)17(13-25)11-22(30)28-14-19-5-4-10-34-19/h4-8,10,12,17H,2-3,9,11,13-15H2,1H3,(H,28,30)/t17-,25+/m1/s1. The molecule has 0 spiro atoms. The van der Waals surface area contributed by atoms with Crippen molar-refractivity contribution in [3.63, 3.8) is 0 Å². The van der Waals surface area contributed by atoms with Gasteiger partial charge in [0.2, 0.25) is 11.8 Å². The van der Waals surface area contributed by atoms with E-state index in [0.717, 1.165) is 4.88 Å². The minimum atomic E-state index is -0.943. The monoisotopic (exact) mass is 520 g/mol. The number of hydrogen-bond acceptors (Lipinski definition) is 5. The molecule has 9 heteroatoms. The summed E-state index contributed by atoms with van der Waals surface area (Å²) < 4.78 is 5.45. The highest BCUT2D eigenvalue weighted by Crippen LogP contribution is 2.51. The molecule has 2 aliphatic rings. The van der Waals surface area contributed by atoms with Crippen molar-refractivity contribution in [1.82, 2.24) is 10.2 Å². The van der Waals surface area contributed by atoms with Gasteiger partial charge in [-0.15, -0.1) is 11.3 Å². The van der Waals surface area contributed by atoms with Gasteiger partial charge in [0.15, 0.2) is 0 Å². The van der Waals surface area contributed by atoms with Crippen LogP contribution in [0.4, 0.5) is 0 Å². The first-order valence-electron chi connectivity index (χ1n) is 11.3. The van der Waals surface area contributed by atoms with Gasteiger partial charge in [0, 0.05) is 33.0 Å². The zero-order valence-corrected chi connectivity index (χ0v) is 21.1. The number of rotatable bonds is 8. The Labute approximate surface area is 212 Å². The lowest BCUT2D eigenvalue weighted by Crippen LogP contribution is -2.52. The Morgan fingerprint density at radius 3 is 2.82 bits per heavy atom. The molecule has 1 aromatic heterocycles. The summed E-state index contributed by atoms with van der Waals surface area (Å²) in [5.41, 5.74) is 0.423. The molecule has 0 saturated carbocycles. The Morgan fingerprint density at radius 1 is 1.29 bits per heavy atom. The van der Waals surface area contributed by atoms with E-state index >= 15 is 0 Å². The third-order valence-electron chi connectivity index (χ3n) is 6.38. The van der Waals surface area contributed by atoms with Crippen molar-refractivity contribution in [2.45, 2.75) is 45.7 Å². The fourth-order valence-corrected chi connectivity index (χ4v) is 5.91. The molecule has 2 heterocycles. The topological polar surface area (TPSA) is 75.7 Å². The average Bonchev–Trinajstić information content (AvgIpc) is 3.47. The van der Waals surface area contributed by atoms with E-state index in [1.807, 2.05) is 23.6 Å². The molecule has 1 saturated heterocycles. The fraction of sp³-hybridized carbons (Fsp3) is 0.400. The molecule has 0 bridgehead atoms. The second-order valence-electron chi connectivity index (χ2n) is 8.55. The van der Waals surface area contributed by atoms with Crippen molar-refractivity contribution < 1.29 is 19.1 Å². The van der Waals surface area contributed by atoms with E-state index in [9.17, 15) is 14.4 Å². The number of hydrogen-bond donors (Lipinski definition) is 1. The van der Waals surface area contributed by atoms with Crippen LogP contribution in [0.15, 0.2) is 47.5 Å². The van der Waals surface area contributed by atoms with Gasteiger partial charge in [0.05, 0.1) is 19.7 Å². The first-order valence-corrected chi connectivity index (χ1v) is 12.9. The van der Waals surface area contributed by atoms with E-state index in [2.05, 4.69) is 5.32 Å². The van der Waals surface area contributed by atoms with Crippen LogP contribution in [0.1, 0.15) is 43.0 Å². The van der Waals surface area contributed by atoms with E-state index in [-0.39, 0.29) is 43.8 Å². The second-order valence-corrected chi connectivity index (χ2v) is 10.4. The number of fused-ring (bicyclic) bond motifs is 1. The molecular formula is C25H26Cl2N2O4S. The largest absolute Gasteiger partial charge is 0.465 e. The van der Waals surface area contributed by atoms with E-state index in [1.165, 1.54) is 0 Å². The Bertz CT molecular complexity index is 1120. The number of benzene rings is 1. The third-order valence-corrected chi connectivity index (χ3v) is 7.84. The molecule has 1 aliphatic carbocycles. The van der Waals surface area contributed by atoms with Crippen LogP contribution in [-0.4, -0.2) is 29.3 Å². The average molecular weight is 521 g/mol. The first kappa shape index (κ1) is 24.8. The molecule has 2 aromatic rings. The maximum absolute atomic E-state index is 13.6. The molecular weight excluding hydrogens is 495 g/mol. The van der Waals surface area contributed by atoms with Gasteiger partial charge in [0.25, 0.3) is 0 Å². The number of likely N-dealkylation sites (tertiary alicyclic amines) is 1. The van der Waals surface area contributed by atoms with E-state index < -0.39 is 11.3 Å². The summed E-state index contributed by atoms with van der Waals surface area (Å²) in [6.07, 6.45) is 3.40. The van der Waals surface area contributed by atoms with E-state index in [4.69, 9.17) is 27.9 Å². The van der Waals surface area contributed by atoms with Gasteiger partial charge in [0.1, 0.15) is 5.41 Å². The van der Waals surface area contributed by atoms with Crippen molar-refractivity contribution in [3.8, 4) is 0 Å². The maximum Gasteiger partial charge on any atom is 0.318 e. The Hall–Kier alpha value is -2.35. The molecule has 180 valence electrons. The number of nitrogens with one attached hydrogen (secondary N) is 1. The lowest BCUT2D eigenvalue weighted by atomic mass is 9.71. The third kappa shape index (κ3) is 5.02. The summed E-state index contributed by atoms with van der Waals surface area (Å²) in [5, 5.41) is 5.78. The molecule has 1 N–H and O–H groups in total. The maximum atomic E-state index is 13.6. The summed E-state index contributed by atoms with van der Waals surface area (Å²) in [5.74, 6) is -1.40. The summed E-state index contributed by atoms with van der Waals surface area (Å²) in [7, 11) is 0. The van der Waals surface area contributed by atoms with Crippen LogP contribution in [0.2, 0.25) is 10.0 Å². The highest BCUT2D eigenvalue weighted by atomic mass is 35.5. The van der Waals surface area contributed by atoms with Gasteiger partial charge in [-0.05, 0) is 55.3 Å². The van der Waals surface area contributed by atoms with Crippen molar-refractivity contribution in [2.24, 2.45) is 11.3 Å². The predicted molar refractivity (Wildman–Crippen MR) is 132 cm³/mol. The lowest BCUT2D eigenvalue weighted by Gasteiger charge is -2.44. The number of allylic oxidation sites excluding steroid dienone is 1. The van der Waals surface area contributed by atoms with Gasteiger partial charge >= 0.3 is 5.97 Å². The quantitative estimate of drug-likeness (QED) is 0.476. The zero-order valence-electron chi connectivity index (χ0n) is 18.8. The Morgan fingerprint density at radius 2 is 2.12 bits per heavy atom. The van der Waals surface area contributed by atoms with Crippen LogP contribution in [0.25, 0.3) is 0 Å². The Kier molecular flexibility index (Phi) is 7.65. The van der Waals surface area contributed by atoms with Crippen LogP contribution in [0, 0.1) is 11.3 Å². The number of halogens is 2. The van der Waals surface area contributed by atoms with Gasteiger partial charge in [-0.3, -0.25) is 14.4 Å². The summed E-state index contributed by atoms with van der Waals surface area (Å²) >= 11 is 14.0. The SMILES string of the molecule is CCOC(=O)[C@]12CCC=C1N(Cc1ccc(Cl)cc1Cl)C(=O)[C@H](CC(=O)NCc1cccs1)C2. The van der Waals surface area contributed by atoms with E-state index in [0.29, 0.717) is 40.7 Å². The van der Waals surface area contributed by atoms with Crippen molar-refractivity contribution in [3.05, 3.63) is 68.0 Å². The number of ether oxygens (including phenoxy) is 1. The minimum Gasteiger partial charge on any atom is -0.465 e. The van der Waals surface area contributed by atoms with Crippen LogP contribution in [-0.2, 0) is 32.2 Å². The number of carbonyl (C=O) groups is 3. The van der Waals surface area contributed by atoms with Crippen LogP contribution < -0.4 is 5.32 Å². The molecule has 1 fully saturated rings. The van der Waals surface area contributed by atoms with Crippen LogP contribution in [0.5, 0.6) is 0 Å². The zero-order chi connectivity index (χ0) is 24.3. The molecule has 0 radical (unpaired) electrons. The minimum absolute atomic E-state index is 0.00347. The summed E-state index contributed by atoms with van der Waals surface area (Å²) in [6, 6.07) is 8.99. The molecule has 1 aliphatic heterocycles. The second kappa shape index (κ2) is 10.5. The number of piperidine rings is 1. The van der Waals surface area contributed by atoms with Crippen molar-refractivity contribution in [1.29, 1.82) is 0 Å². The Balaban J connectivity index is 1.60. The molecule has 2 amide bonds. The number of nitrogens with zero attached hydrogens (tertiary/aromatic N) is 1. The molecule has 4 rings (SSSR count). The van der Waals surface area contributed by atoms with Crippen molar-refractivity contribution in [2.75, 3.05) is 6.61 Å². The molecule has 1 aromatic carbocycles. The fourth-order valence-electron chi connectivity index (χ4n) is 4.80. The highest BCUT2D eigenvalue weighted by molar-refractivity contribution is 7.09. The summed E-state index contributed by atoms with van der Waals surface area (Å²) in [6.45, 7) is 2.61. The molecule has 0 unspecified atom stereocenters. The number of thiophene rings is 1. The van der Waals surface area contributed by atoms with Gasteiger partial charge in [-0.25, -0.2) is 0 Å². The molecule has 34 heavy (non-hydrogen) atoms. The van der Waals surface area contributed by atoms with Gasteiger partial charge in [-0.1, -0.05) is 41.4 Å². The van der Waals surface area contributed by atoms with Crippen LogP contribution in [0.3, 0.4) is 0 Å². The predicted octanol–water partition coefficient (Wildman–Crippen LogP) is 5.34. The molecule has 2 atom stereocenters. The van der Waals surface area contributed by atoms with Gasteiger partial charge in [-0.2, -0.15) is 0 Å². The van der Waals surface area contributed by atoms with Crippen molar-refractivity contribution >= 4 is 52.3 Å². The lowest BCUT2D eigenvalue weighted by molar-refractivity contribution is -0.161. The number of esters is 1. The normalized spacial score (nSPS) is 21.7. The first-order chi connectivity index (χ1) is 16.3. The molecule has 6 nitrogen and oxygen atoms in total. The van der Waals surface area contributed by atoms with Crippen LogP contribution >= 0.6 is 34.5 Å². The highest BCUT2D eigenvalue weighted by Gasteiger charge is 2.55. The summed E-state index contributed by atoms with van der Waals surface area (Å²) in [4.78, 5) is 42.2. The number of carbonyl (C=O) groups excluding carboxylic acids is 3. The van der Waals surface area contributed by atoms with Gasteiger partial charge < -0.3 is 15.0 Å². The smallest absolute Gasteiger partial charge is 0.318 e. The number of amides is 2. The van der Waals surface area contributed by atoms with E-state index in [1.54, 1.807) is 41.4 Å².